The second-order valence-corrected chi connectivity index (χ2v) is 3.71. The summed E-state index contributed by atoms with van der Waals surface area (Å²) in [6, 6.07) is 4.91. The van der Waals surface area contributed by atoms with Gasteiger partial charge in [-0.15, -0.1) is 0 Å². The van der Waals surface area contributed by atoms with E-state index in [1.54, 1.807) is 0 Å². The number of nitrogens with one attached hydrogen (secondary N) is 1. The van der Waals surface area contributed by atoms with Crippen LogP contribution in [0.4, 0.5) is 0 Å². The molecular weight excluding hydrogens is 160 g/mol. The van der Waals surface area contributed by atoms with Crippen LogP contribution in [0.3, 0.4) is 0 Å². The summed E-state index contributed by atoms with van der Waals surface area (Å²) < 4.78 is 0. The smallest absolute Gasteiger partial charge is 0.0270 e. The van der Waals surface area contributed by atoms with E-state index in [4.69, 9.17) is 0 Å². The molecule has 13 heavy (non-hydrogen) atoms. The summed E-state index contributed by atoms with van der Waals surface area (Å²) in [5, 5.41) is 3.55. The molecule has 0 amide bonds. The Labute approximate surface area is 79.4 Å². The van der Waals surface area contributed by atoms with Crippen LogP contribution in [0.2, 0.25) is 0 Å². The zero-order chi connectivity index (χ0) is 8.93. The molecule has 0 radical (unpaired) electrons. The van der Waals surface area contributed by atoms with Crippen molar-refractivity contribution < 1.29 is 0 Å². The number of pyridine rings is 1. The molecule has 1 aliphatic heterocycles. The fourth-order valence-corrected chi connectivity index (χ4v) is 1.90. The SMILES string of the molecule is c1cc(C[C@H]2CCCCN2)ccn1. The summed E-state index contributed by atoms with van der Waals surface area (Å²) in [5.41, 5.74) is 1.40. The fourth-order valence-electron chi connectivity index (χ4n) is 1.90. The van der Waals surface area contributed by atoms with Gasteiger partial charge in [0, 0.05) is 18.4 Å². The third-order valence-corrected chi connectivity index (χ3v) is 2.64. The highest BCUT2D eigenvalue weighted by atomic mass is 14.9. The molecule has 70 valence electrons. The molecule has 1 saturated heterocycles. The van der Waals surface area contributed by atoms with Crippen molar-refractivity contribution in [1.29, 1.82) is 0 Å². The molecule has 0 saturated carbocycles. The van der Waals surface area contributed by atoms with Crippen molar-refractivity contribution in [1.82, 2.24) is 10.3 Å². The van der Waals surface area contributed by atoms with E-state index in [9.17, 15) is 0 Å². The van der Waals surface area contributed by atoms with Crippen LogP contribution in [-0.4, -0.2) is 17.6 Å². The van der Waals surface area contributed by atoms with Crippen LogP contribution in [-0.2, 0) is 6.42 Å². The molecule has 0 aromatic carbocycles. The number of hydrogen-bond donors (Lipinski definition) is 1. The Kier molecular flexibility index (Phi) is 2.93. The highest BCUT2D eigenvalue weighted by Gasteiger charge is 2.12. The van der Waals surface area contributed by atoms with Crippen molar-refractivity contribution in [3.63, 3.8) is 0 Å². The molecule has 2 heterocycles. The Balaban J connectivity index is 1.90. The van der Waals surface area contributed by atoms with Crippen molar-refractivity contribution in [3.05, 3.63) is 30.1 Å². The van der Waals surface area contributed by atoms with Gasteiger partial charge in [0.05, 0.1) is 0 Å². The van der Waals surface area contributed by atoms with Crippen LogP contribution < -0.4 is 5.32 Å². The number of aromatic nitrogens is 1. The molecule has 2 heteroatoms. The van der Waals surface area contributed by atoms with Crippen LogP contribution >= 0.6 is 0 Å². The van der Waals surface area contributed by atoms with Crippen molar-refractivity contribution in [2.45, 2.75) is 31.7 Å². The van der Waals surface area contributed by atoms with Crippen LogP contribution in [0.5, 0.6) is 0 Å². The average molecular weight is 176 g/mol. The van der Waals surface area contributed by atoms with E-state index in [0.717, 1.165) is 6.42 Å². The van der Waals surface area contributed by atoms with Crippen molar-refractivity contribution in [2.75, 3.05) is 6.54 Å². The number of rotatable bonds is 2. The fraction of sp³-hybridized carbons (Fsp3) is 0.545. The highest BCUT2D eigenvalue weighted by molar-refractivity contribution is 5.11. The van der Waals surface area contributed by atoms with Crippen molar-refractivity contribution in [2.24, 2.45) is 0 Å². The van der Waals surface area contributed by atoms with Gasteiger partial charge in [0.1, 0.15) is 0 Å². The minimum absolute atomic E-state index is 0.691. The third kappa shape index (κ3) is 2.52. The number of nitrogens with zero attached hydrogens (tertiary/aromatic N) is 1. The lowest BCUT2D eigenvalue weighted by atomic mass is 9.98. The predicted molar refractivity (Wildman–Crippen MR) is 53.6 cm³/mol. The summed E-state index contributed by atoms with van der Waals surface area (Å²) in [7, 11) is 0. The third-order valence-electron chi connectivity index (χ3n) is 2.64. The first kappa shape index (κ1) is 8.70. The summed E-state index contributed by atoms with van der Waals surface area (Å²) in [5.74, 6) is 0. The summed E-state index contributed by atoms with van der Waals surface area (Å²) in [6.07, 6.45) is 8.94. The molecule has 1 atom stereocenters. The van der Waals surface area contributed by atoms with Crippen LogP contribution in [0, 0.1) is 0 Å². The van der Waals surface area contributed by atoms with Crippen LogP contribution in [0.25, 0.3) is 0 Å². The van der Waals surface area contributed by atoms with Gasteiger partial charge in [0.15, 0.2) is 0 Å². The van der Waals surface area contributed by atoms with Gasteiger partial charge in [0.2, 0.25) is 0 Å². The maximum absolute atomic E-state index is 4.02. The first-order chi connectivity index (χ1) is 6.45. The summed E-state index contributed by atoms with van der Waals surface area (Å²) in [6.45, 7) is 1.19. The molecule has 0 spiro atoms. The molecule has 0 unspecified atom stereocenters. The second kappa shape index (κ2) is 4.38. The van der Waals surface area contributed by atoms with Gasteiger partial charge < -0.3 is 5.32 Å². The highest BCUT2D eigenvalue weighted by Crippen LogP contribution is 2.11. The Morgan fingerprint density at radius 3 is 2.85 bits per heavy atom. The van der Waals surface area contributed by atoms with Gasteiger partial charge in [-0.05, 0) is 43.5 Å². The lowest BCUT2D eigenvalue weighted by Crippen LogP contribution is -2.35. The van der Waals surface area contributed by atoms with Gasteiger partial charge >= 0.3 is 0 Å². The monoisotopic (exact) mass is 176 g/mol. The van der Waals surface area contributed by atoms with Crippen LogP contribution in [0.15, 0.2) is 24.5 Å². The van der Waals surface area contributed by atoms with Gasteiger partial charge in [-0.1, -0.05) is 6.42 Å². The van der Waals surface area contributed by atoms with Gasteiger partial charge in [0.25, 0.3) is 0 Å². The lowest BCUT2D eigenvalue weighted by Gasteiger charge is -2.23. The van der Waals surface area contributed by atoms with E-state index in [1.165, 1.54) is 31.4 Å². The summed E-state index contributed by atoms with van der Waals surface area (Å²) >= 11 is 0. The quantitative estimate of drug-likeness (QED) is 0.742. The van der Waals surface area contributed by atoms with Gasteiger partial charge in [-0.2, -0.15) is 0 Å². The first-order valence-corrected chi connectivity index (χ1v) is 5.07. The summed E-state index contributed by atoms with van der Waals surface area (Å²) in [4.78, 5) is 4.02. The van der Waals surface area contributed by atoms with E-state index in [1.807, 2.05) is 12.4 Å². The Bertz CT molecular complexity index is 240. The lowest BCUT2D eigenvalue weighted by molar-refractivity contribution is 0.399. The minimum Gasteiger partial charge on any atom is -0.314 e. The molecule has 1 fully saturated rings. The zero-order valence-corrected chi connectivity index (χ0v) is 7.87. The molecule has 1 N–H and O–H groups in total. The molecule has 0 aliphatic carbocycles. The molecule has 1 aromatic rings. The molecule has 1 aliphatic rings. The molecular formula is C11H16N2. The van der Waals surface area contributed by atoms with Gasteiger partial charge in [-0.25, -0.2) is 0 Å². The van der Waals surface area contributed by atoms with E-state index in [0.29, 0.717) is 6.04 Å². The second-order valence-electron chi connectivity index (χ2n) is 3.71. The molecule has 1 aromatic heterocycles. The Hall–Kier alpha value is -0.890. The zero-order valence-electron chi connectivity index (χ0n) is 7.87. The Morgan fingerprint density at radius 2 is 2.15 bits per heavy atom. The maximum atomic E-state index is 4.02. The molecule has 2 rings (SSSR count). The minimum atomic E-state index is 0.691. The average Bonchev–Trinajstić information content (AvgIpc) is 2.21. The normalized spacial score (nSPS) is 22.9. The van der Waals surface area contributed by atoms with Crippen LogP contribution in [0.1, 0.15) is 24.8 Å². The topological polar surface area (TPSA) is 24.9 Å². The largest absolute Gasteiger partial charge is 0.314 e. The standard InChI is InChI=1S/C11H16N2/c1-2-6-13-11(3-1)9-10-4-7-12-8-5-10/h4-5,7-8,11,13H,1-3,6,9H2/t11-/m1/s1. The van der Waals surface area contributed by atoms with E-state index in [2.05, 4.69) is 22.4 Å². The van der Waals surface area contributed by atoms with Gasteiger partial charge in [-0.3, -0.25) is 4.98 Å². The van der Waals surface area contributed by atoms with Crippen molar-refractivity contribution >= 4 is 0 Å². The maximum Gasteiger partial charge on any atom is 0.0270 e. The molecule has 0 bridgehead atoms. The number of piperidine rings is 1. The van der Waals surface area contributed by atoms with E-state index in [-0.39, 0.29) is 0 Å². The number of hydrogen-bond acceptors (Lipinski definition) is 2. The molecule has 2 nitrogen and oxygen atoms in total. The predicted octanol–water partition coefficient (Wildman–Crippen LogP) is 1.77. The van der Waals surface area contributed by atoms with Crippen molar-refractivity contribution in [3.8, 4) is 0 Å². The Morgan fingerprint density at radius 1 is 1.31 bits per heavy atom. The first-order valence-electron chi connectivity index (χ1n) is 5.07. The van der Waals surface area contributed by atoms with E-state index < -0.39 is 0 Å². The van der Waals surface area contributed by atoms with E-state index >= 15 is 0 Å².